The number of hydrogen-bond donors (Lipinski definition) is 2. The highest BCUT2D eigenvalue weighted by Gasteiger charge is 2.30. The van der Waals surface area contributed by atoms with E-state index in [0.717, 1.165) is 29.2 Å². The van der Waals surface area contributed by atoms with Crippen molar-refractivity contribution >= 4 is 34.0 Å². The number of pyridine rings is 1. The molecule has 8 nitrogen and oxygen atoms in total. The molecule has 1 saturated heterocycles. The molecule has 2 aromatic heterocycles. The summed E-state index contributed by atoms with van der Waals surface area (Å²) >= 11 is 1.15. The fraction of sp³-hybridized carbons (Fsp3) is 0.333. The minimum atomic E-state index is -4.44. The lowest BCUT2D eigenvalue weighted by Crippen LogP contribution is -2.51. The maximum Gasteiger partial charge on any atom is 0.416 e. The third-order valence-corrected chi connectivity index (χ3v) is 6.38. The molecule has 0 aliphatic carbocycles. The number of piperazine rings is 1. The summed E-state index contributed by atoms with van der Waals surface area (Å²) < 4.78 is 38.8. The average molecular weight is 519 g/mol. The number of anilines is 2. The zero-order valence-corrected chi connectivity index (χ0v) is 20.1. The minimum absolute atomic E-state index is 0.0736. The van der Waals surface area contributed by atoms with Gasteiger partial charge >= 0.3 is 6.18 Å². The van der Waals surface area contributed by atoms with Gasteiger partial charge in [-0.3, -0.25) is 19.5 Å². The van der Waals surface area contributed by atoms with Crippen molar-refractivity contribution < 1.29 is 22.8 Å². The SMILES string of the molecule is O=C(CN1CCN(C(=O)c2csc(Nc3cccc(C(F)(F)F)c3)n2)CC1)NCCc1ccccn1. The zero-order chi connectivity index (χ0) is 25.5. The Bertz CT molecular complexity index is 1180. The first-order valence-corrected chi connectivity index (χ1v) is 12.2. The van der Waals surface area contributed by atoms with Gasteiger partial charge in [0.15, 0.2) is 5.13 Å². The summed E-state index contributed by atoms with van der Waals surface area (Å²) in [4.78, 5) is 37.2. The van der Waals surface area contributed by atoms with E-state index in [1.54, 1.807) is 16.5 Å². The van der Waals surface area contributed by atoms with Crippen LogP contribution in [0, 0.1) is 0 Å². The van der Waals surface area contributed by atoms with Crippen LogP contribution in [0.3, 0.4) is 0 Å². The Morgan fingerprint density at radius 1 is 1.06 bits per heavy atom. The highest BCUT2D eigenvalue weighted by atomic mass is 32.1. The summed E-state index contributed by atoms with van der Waals surface area (Å²) in [6, 6.07) is 10.5. The monoisotopic (exact) mass is 518 g/mol. The molecule has 0 bridgehead atoms. The molecule has 0 spiro atoms. The van der Waals surface area contributed by atoms with Crippen LogP contribution in [0.2, 0.25) is 0 Å². The molecule has 190 valence electrons. The molecular formula is C24H25F3N6O2S. The number of nitrogens with one attached hydrogen (secondary N) is 2. The highest BCUT2D eigenvalue weighted by Crippen LogP contribution is 2.32. The van der Waals surface area contributed by atoms with Crippen molar-refractivity contribution in [3.05, 3.63) is 71.0 Å². The third-order valence-electron chi connectivity index (χ3n) is 5.62. The number of nitrogens with zero attached hydrogens (tertiary/aromatic N) is 4. The van der Waals surface area contributed by atoms with E-state index in [9.17, 15) is 22.8 Å². The third kappa shape index (κ3) is 7.01. The topological polar surface area (TPSA) is 90.5 Å². The standard InChI is InChI=1S/C24H25F3N6O2S/c25-24(26,27)17-4-3-6-19(14-17)30-23-31-20(16-36-23)22(35)33-12-10-32(11-13-33)15-21(34)29-9-7-18-5-1-2-8-28-18/h1-6,8,14,16H,7,9-13,15H2,(H,29,34)(H,30,31). The molecule has 1 aliphatic rings. The number of hydrogen-bond acceptors (Lipinski definition) is 7. The van der Waals surface area contributed by atoms with Crippen LogP contribution < -0.4 is 10.6 Å². The maximum absolute atomic E-state index is 12.9. The van der Waals surface area contributed by atoms with Gasteiger partial charge in [-0.05, 0) is 30.3 Å². The lowest BCUT2D eigenvalue weighted by Gasteiger charge is -2.33. The molecule has 12 heteroatoms. The van der Waals surface area contributed by atoms with E-state index in [2.05, 4.69) is 20.6 Å². The van der Waals surface area contributed by atoms with Crippen LogP contribution in [0.15, 0.2) is 54.0 Å². The first-order chi connectivity index (χ1) is 17.3. The van der Waals surface area contributed by atoms with Crippen LogP contribution in [0.4, 0.5) is 24.0 Å². The zero-order valence-electron chi connectivity index (χ0n) is 19.3. The quantitative estimate of drug-likeness (QED) is 0.475. The van der Waals surface area contributed by atoms with Crippen molar-refractivity contribution in [2.24, 2.45) is 0 Å². The minimum Gasteiger partial charge on any atom is -0.355 e. The second-order valence-electron chi connectivity index (χ2n) is 8.23. The van der Waals surface area contributed by atoms with Gasteiger partial charge < -0.3 is 15.5 Å². The molecule has 1 fully saturated rings. The summed E-state index contributed by atoms with van der Waals surface area (Å²) in [6.07, 6.45) is -2.06. The first kappa shape index (κ1) is 25.6. The Morgan fingerprint density at radius 3 is 2.58 bits per heavy atom. The molecule has 0 saturated carbocycles. The summed E-state index contributed by atoms with van der Waals surface area (Å²) in [7, 11) is 0. The fourth-order valence-corrected chi connectivity index (χ4v) is 4.44. The predicted molar refractivity (Wildman–Crippen MR) is 130 cm³/mol. The van der Waals surface area contributed by atoms with Gasteiger partial charge in [-0.15, -0.1) is 11.3 Å². The van der Waals surface area contributed by atoms with E-state index >= 15 is 0 Å². The van der Waals surface area contributed by atoms with E-state index in [-0.39, 0.29) is 29.7 Å². The van der Waals surface area contributed by atoms with Gasteiger partial charge in [-0.1, -0.05) is 12.1 Å². The van der Waals surface area contributed by atoms with Gasteiger partial charge in [0.05, 0.1) is 12.1 Å². The second kappa shape index (κ2) is 11.5. The second-order valence-corrected chi connectivity index (χ2v) is 9.09. The van der Waals surface area contributed by atoms with Crippen LogP contribution >= 0.6 is 11.3 Å². The smallest absolute Gasteiger partial charge is 0.355 e. The molecule has 1 aliphatic heterocycles. The number of halogens is 3. The summed E-state index contributed by atoms with van der Waals surface area (Å²) in [5.41, 5.74) is 0.626. The van der Waals surface area contributed by atoms with Gasteiger partial charge in [0.2, 0.25) is 5.91 Å². The molecule has 1 aromatic carbocycles. The number of rotatable bonds is 8. The lowest BCUT2D eigenvalue weighted by atomic mass is 10.2. The average Bonchev–Trinajstić information content (AvgIpc) is 3.33. The van der Waals surface area contributed by atoms with Crippen molar-refractivity contribution in [1.82, 2.24) is 25.1 Å². The van der Waals surface area contributed by atoms with Crippen LogP contribution in [-0.2, 0) is 17.4 Å². The number of alkyl halides is 3. The van der Waals surface area contributed by atoms with Gasteiger partial charge in [0.25, 0.3) is 5.91 Å². The molecule has 3 aromatic rings. The Morgan fingerprint density at radius 2 is 1.86 bits per heavy atom. The van der Waals surface area contributed by atoms with Crippen LogP contribution in [0.25, 0.3) is 0 Å². The van der Waals surface area contributed by atoms with Crippen molar-refractivity contribution in [1.29, 1.82) is 0 Å². The van der Waals surface area contributed by atoms with Gasteiger partial charge in [-0.25, -0.2) is 4.98 Å². The summed E-state index contributed by atoms with van der Waals surface area (Å²) in [5, 5.41) is 7.64. The maximum atomic E-state index is 12.9. The molecule has 2 amide bonds. The van der Waals surface area contributed by atoms with Crippen molar-refractivity contribution in [2.45, 2.75) is 12.6 Å². The van der Waals surface area contributed by atoms with Crippen molar-refractivity contribution in [2.75, 3.05) is 44.6 Å². The summed E-state index contributed by atoms with van der Waals surface area (Å²) in [5.74, 6) is -0.321. The molecule has 0 unspecified atom stereocenters. The Balaban J connectivity index is 1.22. The Kier molecular flexibility index (Phi) is 8.16. The molecule has 3 heterocycles. The molecule has 4 rings (SSSR count). The van der Waals surface area contributed by atoms with Gasteiger partial charge in [-0.2, -0.15) is 13.2 Å². The van der Waals surface area contributed by atoms with E-state index in [4.69, 9.17) is 0 Å². The molecule has 36 heavy (non-hydrogen) atoms. The normalized spacial score (nSPS) is 14.5. The Hall–Kier alpha value is -3.51. The Labute approximate surface area is 210 Å². The van der Waals surface area contributed by atoms with Crippen molar-refractivity contribution in [3.8, 4) is 0 Å². The largest absolute Gasteiger partial charge is 0.416 e. The van der Waals surface area contributed by atoms with Crippen LogP contribution in [0.1, 0.15) is 21.7 Å². The van der Waals surface area contributed by atoms with E-state index in [0.29, 0.717) is 44.3 Å². The number of carbonyl (C=O) groups is 2. The van der Waals surface area contributed by atoms with E-state index < -0.39 is 11.7 Å². The number of amides is 2. The number of benzene rings is 1. The molecule has 2 N–H and O–H groups in total. The molecular weight excluding hydrogens is 493 g/mol. The number of thiazole rings is 1. The van der Waals surface area contributed by atoms with Crippen LogP contribution in [-0.4, -0.2) is 70.9 Å². The van der Waals surface area contributed by atoms with Crippen LogP contribution in [0.5, 0.6) is 0 Å². The molecule has 0 atom stereocenters. The van der Waals surface area contributed by atoms with Gasteiger partial charge in [0, 0.05) is 62.1 Å². The number of carbonyl (C=O) groups excluding carboxylic acids is 2. The van der Waals surface area contributed by atoms with E-state index in [1.807, 2.05) is 23.1 Å². The fourth-order valence-electron chi connectivity index (χ4n) is 3.73. The first-order valence-electron chi connectivity index (χ1n) is 11.4. The summed E-state index contributed by atoms with van der Waals surface area (Å²) in [6.45, 7) is 2.78. The van der Waals surface area contributed by atoms with Gasteiger partial charge in [0.1, 0.15) is 5.69 Å². The lowest BCUT2D eigenvalue weighted by molar-refractivity contribution is -0.137. The predicted octanol–water partition coefficient (Wildman–Crippen LogP) is 3.42. The molecule has 0 radical (unpaired) electrons. The highest BCUT2D eigenvalue weighted by molar-refractivity contribution is 7.14. The van der Waals surface area contributed by atoms with E-state index in [1.165, 1.54) is 12.1 Å². The van der Waals surface area contributed by atoms with Crippen molar-refractivity contribution in [3.63, 3.8) is 0 Å². The number of aromatic nitrogens is 2.